The van der Waals surface area contributed by atoms with Crippen molar-refractivity contribution in [1.82, 2.24) is 4.90 Å². The molecule has 0 saturated carbocycles. The van der Waals surface area contributed by atoms with Crippen LogP contribution in [0, 0.1) is 0 Å². The first-order valence-electron chi connectivity index (χ1n) is 7.37. The van der Waals surface area contributed by atoms with E-state index in [1.165, 1.54) is 0 Å². The zero-order chi connectivity index (χ0) is 15.6. The highest BCUT2D eigenvalue weighted by Crippen LogP contribution is 2.26. The van der Waals surface area contributed by atoms with Crippen molar-refractivity contribution in [1.29, 1.82) is 0 Å². The standard InChI is InChI=1S/C16H25NO4/c1-11(2)13-6-7-20-14(13)15(18)17-8-12(9-19-5)21-16(3,4)10-17/h6-7,11-12H,8-10H2,1-5H3/t12-/m1/s1. The molecule has 1 amide bonds. The van der Waals surface area contributed by atoms with E-state index >= 15 is 0 Å². The van der Waals surface area contributed by atoms with Gasteiger partial charge in [0.1, 0.15) is 0 Å². The van der Waals surface area contributed by atoms with Crippen LogP contribution in [0.2, 0.25) is 0 Å². The summed E-state index contributed by atoms with van der Waals surface area (Å²) in [5, 5.41) is 0. The van der Waals surface area contributed by atoms with Crippen LogP contribution in [0.1, 0.15) is 49.7 Å². The van der Waals surface area contributed by atoms with Gasteiger partial charge in [-0.25, -0.2) is 0 Å². The van der Waals surface area contributed by atoms with Gasteiger partial charge in [-0.3, -0.25) is 4.79 Å². The molecule has 2 heterocycles. The van der Waals surface area contributed by atoms with Crippen molar-refractivity contribution in [3.8, 4) is 0 Å². The molecule has 2 rings (SSSR count). The second kappa shape index (κ2) is 6.20. The third kappa shape index (κ3) is 3.66. The molecule has 0 aliphatic carbocycles. The molecule has 0 aromatic carbocycles. The molecule has 1 fully saturated rings. The van der Waals surface area contributed by atoms with Crippen molar-refractivity contribution in [3.05, 3.63) is 23.7 Å². The minimum atomic E-state index is -0.387. The third-order valence-electron chi connectivity index (χ3n) is 3.63. The number of carbonyl (C=O) groups excluding carboxylic acids is 1. The summed E-state index contributed by atoms with van der Waals surface area (Å²) in [6.07, 6.45) is 1.47. The summed E-state index contributed by atoms with van der Waals surface area (Å²) in [4.78, 5) is 14.6. The van der Waals surface area contributed by atoms with Crippen LogP contribution >= 0.6 is 0 Å². The van der Waals surface area contributed by atoms with Gasteiger partial charge in [0, 0.05) is 25.8 Å². The van der Waals surface area contributed by atoms with E-state index in [0.29, 0.717) is 25.5 Å². The van der Waals surface area contributed by atoms with E-state index in [-0.39, 0.29) is 23.5 Å². The number of nitrogens with zero attached hydrogens (tertiary/aromatic N) is 1. The van der Waals surface area contributed by atoms with Gasteiger partial charge in [-0.15, -0.1) is 0 Å². The Hall–Kier alpha value is -1.33. The van der Waals surface area contributed by atoms with Crippen LogP contribution in [0.25, 0.3) is 0 Å². The highest BCUT2D eigenvalue weighted by atomic mass is 16.5. The van der Waals surface area contributed by atoms with E-state index in [0.717, 1.165) is 5.56 Å². The maximum absolute atomic E-state index is 12.8. The summed E-state index contributed by atoms with van der Waals surface area (Å²) >= 11 is 0. The van der Waals surface area contributed by atoms with E-state index < -0.39 is 0 Å². The molecule has 5 nitrogen and oxygen atoms in total. The van der Waals surface area contributed by atoms with E-state index in [9.17, 15) is 4.79 Å². The van der Waals surface area contributed by atoms with Crippen molar-refractivity contribution in [3.63, 3.8) is 0 Å². The number of hydrogen-bond acceptors (Lipinski definition) is 4. The van der Waals surface area contributed by atoms with Crippen LogP contribution in [0.4, 0.5) is 0 Å². The molecule has 1 aliphatic rings. The van der Waals surface area contributed by atoms with E-state index in [4.69, 9.17) is 13.9 Å². The molecular formula is C16H25NO4. The van der Waals surface area contributed by atoms with Crippen molar-refractivity contribution in [2.45, 2.75) is 45.3 Å². The number of morpholine rings is 1. The molecule has 118 valence electrons. The van der Waals surface area contributed by atoms with Gasteiger partial charge in [-0.05, 0) is 25.8 Å². The maximum atomic E-state index is 12.8. The first kappa shape index (κ1) is 16.0. The Morgan fingerprint density at radius 3 is 2.86 bits per heavy atom. The van der Waals surface area contributed by atoms with E-state index in [1.54, 1.807) is 18.3 Å². The molecule has 1 aromatic rings. The Kier molecular flexibility index (Phi) is 4.74. The lowest BCUT2D eigenvalue weighted by molar-refractivity contribution is -0.143. The molecule has 0 radical (unpaired) electrons. The van der Waals surface area contributed by atoms with Gasteiger partial charge >= 0.3 is 0 Å². The average Bonchev–Trinajstić information content (AvgIpc) is 2.85. The third-order valence-corrected chi connectivity index (χ3v) is 3.63. The van der Waals surface area contributed by atoms with Gasteiger partial charge in [0.15, 0.2) is 5.76 Å². The van der Waals surface area contributed by atoms with Crippen LogP contribution in [0.15, 0.2) is 16.7 Å². The predicted octanol–water partition coefficient (Wildman–Crippen LogP) is 2.67. The van der Waals surface area contributed by atoms with Gasteiger partial charge in [0.05, 0.1) is 24.6 Å². The van der Waals surface area contributed by atoms with Crippen LogP contribution in [-0.4, -0.2) is 49.3 Å². The van der Waals surface area contributed by atoms with Crippen molar-refractivity contribution in [2.75, 3.05) is 26.8 Å². The number of ether oxygens (including phenoxy) is 2. The fourth-order valence-corrected chi connectivity index (χ4v) is 2.81. The highest BCUT2D eigenvalue weighted by molar-refractivity contribution is 5.93. The van der Waals surface area contributed by atoms with Gasteiger partial charge in [0.25, 0.3) is 5.91 Å². The number of carbonyl (C=O) groups is 1. The lowest BCUT2D eigenvalue weighted by Crippen LogP contribution is -2.55. The SMILES string of the molecule is COC[C@H]1CN(C(=O)c2occc2C(C)C)CC(C)(C)O1. The molecule has 5 heteroatoms. The minimum absolute atomic E-state index is 0.0684. The topological polar surface area (TPSA) is 51.9 Å². The summed E-state index contributed by atoms with van der Waals surface area (Å²) in [6, 6.07) is 1.87. The van der Waals surface area contributed by atoms with Crippen LogP contribution in [0.5, 0.6) is 0 Å². The quantitative estimate of drug-likeness (QED) is 0.857. The number of methoxy groups -OCH3 is 1. The molecular weight excluding hydrogens is 270 g/mol. The molecule has 1 saturated heterocycles. The normalized spacial score (nSPS) is 21.8. The largest absolute Gasteiger partial charge is 0.459 e. The summed E-state index contributed by atoms with van der Waals surface area (Å²) in [7, 11) is 1.64. The first-order valence-corrected chi connectivity index (χ1v) is 7.37. The number of furan rings is 1. The molecule has 1 aromatic heterocycles. The molecule has 1 atom stereocenters. The molecule has 0 spiro atoms. The Morgan fingerprint density at radius 1 is 1.52 bits per heavy atom. The van der Waals surface area contributed by atoms with E-state index in [1.807, 2.05) is 19.9 Å². The molecule has 0 unspecified atom stereocenters. The number of hydrogen-bond donors (Lipinski definition) is 0. The second-order valence-corrected chi connectivity index (χ2v) is 6.50. The van der Waals surface area contributed by atoms with Crippen LogP contribution < -0.4 is 0 Å². The smallest absolute Gasteiger partial charge is 0.290 e. The van der Waals surface area contributed by atoms with Crippen LogP contribution in [0.3, 0.4) is 0 Å². The summed E-state index contributed by atoms with van der Waals surface area (Å²) in [5.74, 6) is 0.631. The Morgan fingerprint density at radius 2 is 2.24 bits per heavy atom. The summed E-state index contributed by atoms with van der Waals surface area (Å²) < 4.78 is 16.6. The minimum Gasteiger partial charge on any atom is -0.459 e. The van der Waals surface area contributed by atoms with E-state index in [2.05, 4.69) is 13.8 Å². The van der Waals surface area contributed by atoms with Gasteiger partial charge in [0.2, 0.25) is 0 Å². The zero-order valence-electron chi connectivity index (χ0n) is 13.5. The number of rotatable bonds is 4. The lowest BCUT2D eigenvalue weighted by atomic mass is 10.0. The zero-order valence-corrected chi connectivity index (χ0v) is 13.5. The molecule has 1 aliphatic heterocycles. The Bertz CT molecular complexity index is 492. The first-order chi connectivity index (χ1) is 9.84. The maximum Gasteiger partial charge on any atom is 0.290 e. The monoisotopic (exact) mass is 295 g/mol. The number of amides is 1. The summed E-state index contributed by atoms with van der Waals surface area (Å²) in [6.45, 7) is 9.62. The molecule has 21 heavy (non-hydrogen) atoms. The molecule has 0 bridgehead atoms. The van der Waals surface area contributed by atoms with Crippen molar-refractivity contribution < 1.29 is 18.7 Å². The van der Waals surface area contributed by atoms with Crippen molar-refractivity contribution in [2.24, 2.45) is 0 Å². The lowest BCUT2D eigenvalue weighted by Gasteiger charge is -2.42. The van der Waals surface area contributed by atoms with Gasteiger partial charge < -0.3 is 18.8 Å². The highest BCUT2D eigenvalue weighted by Gasteiger charge is 2.37. The Balaban J connectivity index is 2.19. The summed E-state index contributed by atoms with van der Waals surface area (Å²) in [5.41, 5.74) is 0.564. The molecule has 0 N–H and O–H groups in total. The van der Waals surface area contributed by atoms with Crippen molar-refractivity contribution >= 4 is 5.91 Å². The van der Waals surface area contributed by atoms with Gasteiger partial charge in [-0.2, -0.15) is 0 Å². The average molecular weight is 295 g/mol. The Labute approximate surface area is 126 Å². The fourth-order valence-electron chi connectivity index (χ4n) is 2.81. The second-order valence-electron chi connectivity index (χ2n) is 6.50. The van der Waals surface area contributed by atoms with Crippen LogP contribution in [-0.2, 0) is 9.47 Å². The fraction of sp³-hybridized carbons (Fsp3) is 0.688. The predicted molar refractivity (Wildman–Crippen MR) is 79.5 cm³/mol. The van der Waals surface area contributed by atoms with Gasteiger partial charge in [-0.1, -0.05) is 13.8 Å².